The minimum atomic E-state index is 0.449. The van der Waals surface area contributed by atoms with E-state index in [-0.39, 0.29) is 0 Å². The number of rotatable bonds is 5. The average Bonchev–Trinajstić information content (AvgIpc) is 3.19. The van der Waals surface area contributed by atoms with E-state index in [1.54, 1.807) is 6.20 Å². The van der Waals surface area contributed by atoms with Gasteiger partial charge in [0.25, 0.3) is 0 Å². The zero-order chi connectivity index (χ0) is 18.6. The molecule has 4 rings (SSSR count). The highest BCUT2D eigenvalue weighted by Gasteiger charge is 2.17. The highest BCUT2D eigenvalue weighted by Crippen LogP contribution is 2.28. The van der Waals surface area contributed by atoms with E-state index in [0.717, 1.165) is 32.9 Å². The van der Waals surface area contributed by atoms with Gasteiger partial charge >= 0.3 is 0 Å². The van der Waals surface area contributed by atoms with Crippen LogP contribution >= 0.6 is 15.9 Å². The van der Waals surface area contributed by atoms with Gasteiger partial charge in [0.05, 0.1) is 11.4 Å². The van der Waals surface area contributed by atoms with Crippen molar-refractivity contribution in [3.63, 3.8) is 0 Å². The first-order chi connectivity index (χ1) is 13.2. The van der Waals surface area contributed by atoms with Crippen molar-refractivity contribution in [2.45, 2.75) is 38.6 Å². The molecule has 1 aliphatic carbocycles. The van der Waals surface area contributed by atoms with Gasteiger partial charge in [-0.3, -0.25) is 4.98 Å². The van der Waals surface area contributed by atoms with Crippen LogP contribution in [0, 0.1) is 6.92 Å². The molecule has 0 aliphatic heterocycles. The molecule has 0 saturated heterocycles. The Morgan fingerprint density at radius 2 is 1.85 bits per heavy atom. The largest absolute Gasteiger partial charge is 0.351 e. The second-order valence-electron chi connectivity index (χ2n) is 6.84. The number of nitrogens with one attached hydrogen (secondary N) is 2. The topological polar surface area (TPSA) is 62.7 Å². The third-order valence-electron chi connectivity index (χ3n) is 4.87. The predicted molar refractivity (Wildman–Crippen MR) is 113 cm³/mol. The van der Waals surface area contributed by atoms with Crippen molar-refractivity contribution in [3.8, 4) is 11.4 Å². The minimum absolute atomic E-state index is 0.449. The van der Waals surface area contributed by atoms with Gasteiger partial charge in [0, 0.05) is 28.5 Å². The Hall–Kier alpha value is -2.47. The summed E-state index contributed by atoms with van der Waals surface area (Å²) in [7, 11) is 0. The summed E-state index contributed by atoms with van der Waals surface area (Å²) in [6.07, 6.45) is 6.66. The second kappa shape index (κ2) is 8.05. The van der Waals surface area contributed by atoms with E-state index >= 15 is 0 Å². The summed E-state index contributed by atoms with van der Waals surface area (Å²) in [5.41, 5.74) is 3.80. The summed E-state index contributed by atoms with van der Waals surface area (Å²) >= 11 is 3.59. The van der Waals surface area contributed by atoms with Crippen molar-refractivity contribution < 1.29 is 0 Å². The maximum Gasteiger partial charge on any atom is 0.225 e. The summed E-state index contributed by atoms with van der Waals surface area (Å²) in [6.45, 7) is 2.07. The van der Waals surface area contributed by atoms with E-state index in [1.807, 2.05) is 42.5 Å². The van der Waals surface area contributed by atoms with Gasteiger partial charge in [-0.1, -0.05) is 40.9 Å². The van der Waals surface area contributed by atoms with Gasteiger partial charge in [-0.15, -0.1) is 0 Å². The van der Waals surface area contributed by atoms with Crippen molar-refractivity contribution in [1.82, 2.24) is 15.0 Å². The molecule has 2 N–H and O–H groups in total. The normalized spacial score (nSPS) is 14.3. The highest BCUT2D eigenvalue weighted by molar-refractivity contribution is 9.10. The number of aromatic nitrogens is 3. The maximum absolute atomic E-state index is 4.71. The van der Waals surface area contributed by atoms with E-state index in [9.17, 15) is 0 Å². The predicted octanol–water partition coefficient (Wildman–Crippen LogP) is 5.71. The molecular weight excluding hydrogens is 402 g/mol. The van der Waals surface area contributed by atoms with Crippen molar-refractivity contribution in [2.75, 3.05) is 10.6 Å². The highest BCUT2D eigenvalue weighted by atomic mass is 79.9. The fraction of sp³-hybridized carbons (Fsp3) is 0.286. The Kier molecular flexibility index (Phi) is 5.34. The van der Waals surface area contributed by atoms with Crippen LogP contribution in [-0.2, 0) is 0 Å². The molecule has 138 valence electrons. The maximum atomic E-state index is 4.71. The molecule has 3 aromatic rings. The van der Waals surface area contributed by atoms with E-state index in [2.05, 4.69) is 38.5 Å². The first-order valence-corrected chi connectivity index (χ1v) is 10.1. The molecule has 2 heterocycles. The van der Waals surface area contributed by atoms with Crippen LogP contribution < -0.4 is 10.6 Å². The number of hydrogen-bond acceptors (Lipinski definition) is 5. The van der Waals surface area contributed by atoms with E-state index < -0.39 is 0 Å². The lowest BCUT2D eigenvalue weighted by Crippen LogP contribution is -2.17. The van der Waals surface area contributed by atoms with Crippen LogP contribution in [0.1, 0.15) is 31.2 Å². The lowest BCUT2D eigenvalue weighted by Gasteiger charge is -2.15. The second-order valence-corrected chi connectivity index (χ2v) is 7.69. The number of anilines is 3. The molecule has 0 atom stereocenters. The number of pyridine rings is 1. The molecule has 0 unspecified atom stereocenters. The van der Waals surface area contributed by atoms with Crippen LogP contribution in [-0.4, -0.2) is 21.0 Å². The Balaban J connectivity index is 1.69. The zero-order valence-corrected chi connectivity index (χ0v) is 16.8. The summed E-state index contributed by atoms with van der Waals surface area (Å²) in [5, 5.41) is 6.94. The molecule has 5 nitrogen and oxygen atoms in total. The Labute approximate surface area is 167 Å². The first-order valence-electron chi connectivity index (χ1n) is 9.28. The molecule has 2 aromatic heterocycles. The van der Waals surface area contributed by atoms with Gasteiger partial charge in [-0.2, -0.15) is 4.98 Å². The Bertz CT molecular complexity index is 923. The minimum Gasteiger partial charge on any atom is -0.351 e. The Morgan fingerprint density at radius 3 is 2.63 bits per heavy atom. The molecule has 0 bridgehead atoms. The fourth-order valence-corrected chi connectivity index (χ4v) is 3.72. The lowest BCUT2D eigenvalue weighted by atomic mass is 10.2. The smallest absolute Gasteiger partial charge is 0.225 e. The van der Waals surface area contributed by atoms with Crippen molar-refractivity contribution in [3.05, 3.63) is 58.7 Å². The summed E-state index contributed by atoms with van der Waals surface area (Å²) in [6, 6.07) is 14.3. The van der Waals surface area contributed by atoms with E-state index in [1.165, 1.54) is 25.7 Å². The quantitative estimate of drug-likeness (QED) is 0.550. The molecule has 0 spiro atoms. The molecule has 1 aliphatic rings. The molecule has 27 heavy (non-hydrogen) atoms. The standard InChI is InChI=1S/C21H22BrN5/c1-14-16(22)9-6-11-17(14)25-20-13-19(18-10-4-5-12-23-18)26-21(27-20)24-15-7-2-3-8-15/h4-6,9-13,15H,2-3,7-8H2,1H3,(H2,24,25,26,27). The van der Waals surface area contributed by atoms with Crippen molar-refractivity contribution in [2.24, 2.45) is 0 Å². The van der Waals surface area contributed by atoms with Crippen molar-refractivity contribution >= 4 is 33.4 Å². The molecular formula is C21H22BrN5. The van der Waals surface area contributed by atoms with Gasteiger partial charge in [-0.25, -0.2) is 4.98 Å². The third kappa shape index (κ3) is 4.27. The molecule has 1 aromatic carbocycles. The first kappa shape index (κ1) is 17.9. The van der Waals surface area contributed by atoms with Gasteiger partial charge in [0.2, 0.25) is 5.95 Å². The van der Waals surface area contributed by atoms with Crippen LogP contribution in [0.2, 0.25) is 0 Å². The number of nitrogens with zero attached hydrogens (tertiary/aromatic N) is 3. The monoisotopic (exact) mass is 423 g/mol. The van der Waals surface area contributed by atoms with Crippen LogP contribution in [0.15, 0.2) is 53.1 Å². The SMILES string of the molecule is Cc1c(Br)cccc1Nc1cc(-c2ccccn2)nc(NC2CCCC2)n1. The van der Waals surface area contributed by atoms with Crippen LogP contribution in [0.4, 0.5) is 17.5 Å². The molecule has 1 saturated carbocycles. The molecule has 6 heteroatoms. The van der Waals surface area contributed by atoms with Crippen LogP contribution in [0.25, 0.3) is 11.4 Å². The van der Waals surface area contributed by atoms with Crippen LogP contribution in [0.5, 0.6) is 0 Å². The van der Waals surface area contributed by atoms with Crippen LogP contribution in [0.3, 0.4) is 0 Å². The average molecular weight is 424 g/mol. The third-order valence-corrected chi connectivity index (χ3v) is 5.73. The zero-order valence-electron chi connectivity index (χ0n) is 15.2. The summed E-state index contributed by atoms with van der Waals surface area (Å²) in [4.78, 5) is 13.9. The molecule has 1 fully saturated rings. The molecule has 0 radical (unpaired) electrons. The number of halogens is 1. The number of benzene rings is 1. The van der Waals surface area contributed by atoms with E-state index in [0.29, 0.717) is 12.0 Å². The summed E-state index contributed by atoms with van der Waals surface area (Å²) < 4.78 is 1.07. The molecule has 0 amide bonds. The number of hydrogen-bond donors (Lipinski definition) is 2. The van der Waals surface area contributed by atoms with E-state index in [4.69, 9.17) is 9.97 Å². The van der Waals surface area contributed by atoms with Gasteiger partial charge < -0.3 is 10.6 Å². The van der Waals surface area contributed by atoms with Gasteiger partial charge in [0.1, 0.15) is 5.82 Å². The van der Waals surface area contributed by atoms with Gasteiger partial charge in [-0.05, 0) is 49.6 Å². The summed E-state index contributed by atoms with van der Waals surface area (Å²) in [5.74, 6) is 1.41. The fourth-order valence-electron chi connectivity index (χ4n) is 3.35. The van der Waals surface area contributed by atoms with Crippen molar-refractivity contribution in [1.29, 1.82) is 0 Å². The lowest BCUT2D eigenvalue weighted by molar-refractivity contribution is 0.744. The Morgan fingerprint density at radius 1 is 1.00 bits per heavy atom. The van der Waals surface area contributed by atoms with Gasteiger partial charge in [0.15, 0.2) is 0 Å².